The van der Waals surface area contributed by atoms with Gasteiger partial charge in [-0.2, -0.15) is 0 Å². The molecular weight excluding hydrogens is 983 g/mol. The maximum absolute atomic E-state index is 13.7. The zero-order valence-corrected chi connectivity index (χ0v) is 43.7. The van der Waals surface area contributed by atoms with Gasteiger partial charge in [0.15, 0.2) is 0 Å². The lowest BCUT2D eigenvalue weighted by Crippen LogP contribution is -2.46. The molecule has 0 saturated heterocycles. The number of aliphatic hydroxyl groups is 1. The Morgan fingerprint density at radius 3 is 1.53 bits per heavy atom. The highest BCUT2D eigenvalue weighted by Gasteiger charge is 2.36. The van der Waals surface area contributed by atoms with Crippen LogP contribution in [0.4, 0.5) is 5.69 Å². The number of rotatable bonds is 45. The molecule has 0 aliphatic heterocycles. The predicted molar refractivity (Wildman–Crippen MR) is 285 cm³/mol. The number of amides is 3. The van der Waals surface area contributed by atoms with E-state index in [-0.39, 0.29) is 26.4 Å². The monoisotopic (exact) mass is 1060 g/mol. The van der Waals surface area contributed by atoms with Crippen molar-refractivity contribution in [1.82, 2.24) is 16.0 Å². The van der Waals surface area contributed by atoms with Crippen LogP contribution in [0.3, 0.4) is 0 Å². The molecule has 21 heteroatoms. The number of hydrogen-bond acceptors (Lipinski definition) is 16. The van der Waals surface area contributed by atoms with E-state index < -0.39 is 35.9 Å². The van der Waals surface area contributed by atoms with E-state index in [0.717, 1.165) is 22.4 Å². The molecule has 0 saturated carbocycles. The molecule has 0 aliphatic carbocycles. The van der Waals surface area contributed by atoms with Gasteiger partial charge in [0.1, 0.15) is 25.0 Å². The third-order valence-corrected chi connectivity index (χ3v) is 11.3. The van der Waals surface area contributed by atoms with Crippen LogP contribution >= 0.6 is 0 Å². The van der Waals surface area contributed by atoms with Gasteiger partial charge >= 0.3 is 0 Å². The van der Waals surface area contributed by atoms with E-state index in [2.05, 4.69) is 67.7 Å². The van der Waals surface area contributed by atoms with Gasteiger partial charge in [-0.05, 0) is 77.9 Å². The summed E-state index contributed by atoms with van der Waals surface area (Å²) < 4.78 is 54.5. The third kappa shape index (κ3) is 25.7. The largest absolute Gasteiger partial charge is 0.497 e. The van der Waals surface area contributed by atoms with Crippen LogP contribution in [-0.4, -0.2) is 175 Å². The molecule has 0 bridgehead atoms. The van der Waals surface area contributed by atoms with Crippen LogP contribution in [0, 0.1) is 0 Å². The molecule has 21 nitrogen and oxygen atoms in total. The molecule has 3 amide bonds. The highest BCUT2D eigenvalue weighted by Crippen LogP contribution is 2.37. The third-order valence-electron chi connectivity index (χ3n) is 11.3. The number of unbranched alkanes of at least 4 members (excludes halogenated alkanes) is 1. The lowest BCUT2D eigenvalue weighted by Gasteiger charge is -2.37. The highest BCUT2D eigenvalue weighted by molar-refractivity contribution is 5.97. The molecule has 5 N–H and O–H groups in total. The second kappa shape index (κ2) is 40.2. The van der Waals surface area contributed by atoms with Crippen LogP contribution in [0.15, 0.2) is 114 Å². The van der Waals surface area contributed by atoms with E-state index in [1.807, 2.05) is 48.5 Å². The van der Waals surface area contributed by atoms with Crippen molar-refractivity contribution >= 4 is 23.4 Å². The van der Waals surface area contributed by atoms with Gasteiger partial charge in [0, 0.05) is 23.7 Å². The Balaban J connectivity index is 1.06. The number of carbonyl (C=O) groups is 3. The van der Waals surface area contributed by atoms with Crippen molar-refractivity contribution in [2.75, 3.05) is 151 Å². The molecule has 416 valence electrons. The first-order chi connectivity index (χ1) is 37.4. The smallest absolute Gasteiger partial charge is 0.246 e. The number of carbonyl (C=O) groups excluding carboxylic acids is 3. The summed E-state index contributed by atoms with van der Waals surface area (Å²) >= 11 is 0. The number of methoxy groups -OCH3 is 1. The van der Waals surface area contributed by atoms with Gasteiger partial charge in [-0.1, -0.05) is 90.0 Å². The van der Waals surface area contributed by atoms with Crippen molar-refractivity contribution < 1.29 is 66.9 Å². The Morgan fingerprint density at radius 2 is 1.04 bits per heavy atom. The van der Waals surface area contributed by atoms with Crippen LogP contribution in [0.5, 0.6) is 5.75 Å². The normalized spacial score (nSPS) is 11.7. The lowest BCUT2D eigenvalue weighted by molar-refractivity contribution is -0.133. The number of benzene rings is 4. The van der Waals surface area contributed by atoms with E-state index in [4.69, 9.17) is 52.9 Å². The fraction of sp³-hybridized carbons (Fsp3) is 0.509. The van der Waals surface area contributed by atoms with Gasteiger partial charge in [-0.3, -0.25) is 19.7 Å². The number of anilines is 1. The molecule has 4 aromatic rings. The second-order valence-corrected chi connectivity index (χ2v) is 16.8. The van der Waals surface area contributed by atoms with Gasteiger partial charge in [-0.15, -0.1) is 0 Å². The summed E-state index contributed by atoms with van der Waals surface area (Å²) in [7, 11) is 1.64. The minimum absolute atomic E-state index is 0.132. The topological polar surface area (TPSA) is 261 Å². The zero-order valence-electron chi connectivity index (χ0n) is 43.7. The van der Waals surface area contributed by atoms with Crippen LogP contribution in [0.2, 0.25) is 0 Å². The molecule has 0 fully saturated rings. The predicted octanol–water partition coefficient (Wildman–Crippen LogP) is 4.94. The minimum atomic E-state index is -0.902. The number of nitrogens with zero attached hydrogens (tertiary/aromatic N) is 3. The Hall–Kier alpha value is -6.04. The van der Waals surface area contributed by atoms with Crippen LogP contribution in [-0.2, 0) is 69.2 Å². The first-order valence-electron chi connectivity index (χ1n) is 25.7. The average Bonchev–Trinajstić information content (AvgIpc) is 3.45. The first kappa shape index (κ1) is 62.5. The van der Waals surface area contributed by atoms with Gasteiger partial charge in [0.25, 0.3) is 0 Å². The van der Waals surface area contributed by atoms with E-state index in [1.165, 1.54) is 0 Å². The molecule has 0 aliphatic rings. The summed E-state index contributed by atoms with van der Waals surface area (Å²) in [5.74, 6) is -0.623. The maximum atomic E-state index is 13.7. The Kier molecular flexibility index (Phi) is 33.1. The Labute approximate surface area is 446 Å². The van der Waals surface area contributed by atoms with Crippen molar-refractivity contribution in [1.29, 1.82) is 0 Å². The van der Waals surface area contributed by atoms with Crippen molar-refractivity contribution in [2.24, 2.45) is 5.11 Å². The van der Waals surface area contributed by atoms with Crippen molar-refractivity contribution in [3.05, 3.63) is 142 Å². The van der Waals surface area contributed by atoms with E-state index in [0.29, 0.717) is 143 Å². The van der Waals surface area contributed by atoms with Crippen molar-refractivity contribution in [3.8, 4) is 5.75 Å². The molecule has 0 heterocycles. The second-order valence-electron chi connectivity index (χ2n) is 16.8. The summed E-state index contributed by atoms with van der Waals surface area (Å²) in [6.07, 6.45) is 1.58. The molecule has 0 spiro atoms. The standard InChI is InChI=1S/C55H77N7O14/c1-67-50-21-17-48(18-22-50)55(46-10-4-2-5-11-46,47-12-6-3-7-13-47)58-23-9-8-14-51(54(66)60-49-19-15-45(42-63)16-20-49)61-53(65)44-76-43-52(64)57-24-26-68-28-30-70-32-34-72-36-38-74-40-41-75-39-37-73-35-33-71-31-29-69-27-25-59-62-56/h2-7,10-13,15-22,51,58,63H,8-9,14,23-44H2,1H3,(H,57,64)(H,60,66)(H,61,65)/t51-/m1/s1. The number of nitrogens with one attached hydrogen (secondary N) is 4. The van der Waals surface area contributed by atoms with Gasteiger partial charge in [-0.25, -0.2) is 0 Å². The minimum Gasteiger partial charge on any atom is -0.497 e. The molecule has 0 unspecified atom stereocenters. The van der Waals surface area contributed by atoms with E-state index >= 15 is 0 Å². The Bertz CT molecular complexity index is 2150. The van der Waals surface area contributed by atoms with Crippen LogP contribution in [0.25, 0.3) is 10.4 Å². The first-order valence-corrected chi connectivity index (χ1v) is 25.7. The molecule has 4 rings (SSSR count). The molecule has 0 radical (unpaired) electrons. The van der Waals surface area contributed by atoms with Crippen LogP contribution < -0.4 is 26.0 Å². The van der Waals surface area contributed by atoms with Crippen molar-refractivity contribution in [3.63, 3.8) is 0 Å². The summed E-state index contributed by atoms with van der Waals surface area (Å²) in [5.41, 5.74) is 11.9. The fourth-order valence-corrected chi connectivity index (χ4v) is 7.54. The molecule has 0 aromatic heterocycles. The van der Waals surface area contributed by atoms with Gasteiger partial charge in [0.2, 0.25) is 17.7 Å². The number of azide groups is 1. The quantitative estimate of drug-likeness (QED) is 0.0129. The highest BCUT2D eigenvalue weighted by atomic mass is 16.6. The SMILES string of the molecule is COc1ccc(C(NCCCC[C@@H](NC(=O)COCC(=O)NCCOCCOCCOCCOCCOCCOCCOCCOCCN=[N+]=[N-])C(=O)Nc2ccc(CO)cc2)(c2ccccc2)c2ccccc2)cc1. The zero-order chi connectivity index (χ0) is 54.0. The number of ether oxygens (including phenoxy) is 10. The summed E-state index contributed by atoms with van der Waals surface area (Å²) in [6, 6.07) is 34.4. The van der Waals surface area contributed by atoms with E-state index in [1.54, 1.807) is 31.4 Å². The molecule has 76 heavy (non-hydrogen) atoms. The average molecular weight is 1060 g/mol. The summed E-state index contributed by atoms with van der Waals surface area (Å²) in [4.78, 5) is 41.9. The van der Waals surface area contributed by atoms with Gasteiger partial charge < -0.3 is 68.4 Å². The number of hydrogen-bond donors (Lipinski definition) is 5. The molecule has 4 aromatic carbocycles. The maximum Gasteiger partial charge on any atom is 0.246 e. The van der Waals surface area contributed by atoms with E-state index in [9.17, 15) is 19.5 Å². The van der Waals surface area contributed by atoms with Gasteiger partial charge in [0.05, 0.1) is 125 Å². The lowest BCUT2D eigenvalue weighted by atomic mass is 9.77. The summed E-state index contributed by atoms with van der Waals surface area (Å²) in [6.45, 7) is 6.76. The Morgan fingerprint density at radius 1 is 0.566 bits per heavy atom. The number of aliphatic hydroxyl groups excluding tert-OH is 1. The molecular formula is C55H77N7O14. The van der Waals surface area contributed by atoms with Crippen molar-refractivity contribution in [2.45, 2.75) is 37.5 Å². The molecule has 1 atom stereocenters. The fourth-order valence-electron chi connectivity index (χ4n) is 7.54. The summed E-state index contributed by atoms with van der Waals surface area (Å²) in [5, 5.41) is 25.1. The van der Waals surface area contributed by atoms with Crippen LogP contribution in [0.1, 0.15) is 41.5 Å².